The summed E-state index contributed by atoms with van der Waals surface area (Å²) >= 11 is 0. The van der Waals surface area contributed by atoms with Crippen molar-refractivity contribution in [2.75, 3.05) is 24.3 Å². The van der Waals surface area contributed by atoms with Crippen LogP contribution in [0.5, 0.6) is 0 Å². The summed E-state index contributed by atoms with van der Waals surface area (Å²) < 4.78 is 10.9. The molecule has 1 aromatic heterocycles. The molecule has 2 aromatic rings. The Morgan fingerprint density at radius 1 is 1.53 bits per heavy atom. The molecule has 5 nitrogen and oxygen atoms in total. The van der Waals surface area contributed by atoms with Crippen LogP contribution in [0.15, 0.2) is 22.6 Å². The second-order valence-electron chi connectivity index (χ2n) is 3.92. The van der Waals surface area contributed by atoms with Crippen LogP contribution in [0.4, 0.5) is 11.7 Å². The van der Waals surface area contributed by atoms with Crippen molar-refractivity contribution in [3.63, 3.8) is 0 Å². The number of rotatable bonds is 5. The van der Waals surface area contributed by atoms with Crippen LogP contribution in [0.25, 0.3) is 11.1 Å². The second-order valence-corrected chi connectivity index (χ2v) is 3.92. The summed E-state index contributed by atoms with van der Waals surface area (Å²) in [5.74, 6) is 0. The molecule has 0 spiro atoms. The Hall–Kier alpha value is -1.75. The molecule has 17 heavy (non-hydrogen) atoms. The first-order valence-electron chi connectivity index (χ1n) is 5.70. The number of nitrogen functional groups attached to an aromatic ring is 1. The monoisotopic (exact) mass is 235 g/mol. The standard InChI is InChI=1S/C12H17N3O2/c1-3-16-7-8(2)14-12-15-11-9(13)5-4-6-10(11)17-12/h4-6,8H,3,7,13H2,1-2H3,(H,14,15). The molecule has 92 valence electrons. The van der Waals surface area contributed by atoms with Crippen molar-refractivity contribution in [3.05, 3.63) is 18.2 Å². The summed E-state index contributed by atoms with van der Waals surface area (Å²) in [5.41, 5.74) is 7.81. The van der Waals surface area contributed by atoms with Gasteiger partial charge in [0.2, 0.25) is 0 Å². The minimum absolute atomic E-state index is 0.143. The van der Waals surface area contributed by atoms with Crippen molar-refractivity contribution in [1.82, 2.24) is 4.98 Å². The SMILES string of the molecule is CCOCC(C)Nc1nc2c(N)cccc2o1. The first-order chi connectivity index (χ1) is 8.20. The Bertz CT molecular complexity index is 495. The van der Waals surface area contributed by atoms with Crippen molar-refractivity contribution >= 4 is 22.8 Å². The number of hydrogen-bond acceptors (Lipinski definition) is 5. The molecule has 2 rings (SSSR count). The average Bonchev–Trinajstić information content (AvgIpc) is 2.70. The first-order valence-corrected chi connectivity index (χ1v) is 5.70. The van der Waals surface area contributed by atoms with Crippen LogP contribution in [-0.4, -0.2) is 24.2 Å². The van der Waals surface area contributed by atoms with E-state index in [2.05, 4.69) is 10.3 Å². The lowest BCUT2D eigenvalue weighted by molar-refractivity contribution is 0.141. The van der Waals surface area contributed by atoms with Gasteiger partial charge >= 0.3 is 0 Å². The van der Waals surface area contributed by atoms with E-state index in [4.69, 9.17) is 14.9 Å². The maximum atomic E-state index is 5.81. The minimum atomic E-state index is 0.143. The third-order valence-corrected chi connectivity index (χ3v) is 2.39. The van der Waals surface area contributed by atoms with E-state index in [0.717, 1.165) is 0 Å². The molecule has 0 radical (unpaired) electrons. The molecule has 0 saturated carbocycles. The van der Waals surface area contributed by atoms with E-state index in [1.807, 2.05) is 26.0 Å². The number of aromatic nitrogens is 1. The van der Waals surface area contributed by atoms with Gasteiger partial charge in [0.15, 0.2) is 5.58 Å². The third kappa shape index (κ3) is 2.68. The molecule has 0 fully saturated rings. The summed E-state index contributed by atoms with van der Waals surface area (Å²) in [5, 5.41) is 3.14. The summed E-state index contributed by atoms with van der Waals surface area (Å²) in [6.07, 6.45) is 0. The van der Waals surface area contributed by atoms with Crippen LogP contribution >= 0.6 is 0 Å². The Morgan fingerprint density at radius 2 is 2.35 bits per heavy atom. The Balaban J connectivity index is 2.11. The third-order valence-electron chi connectivity index (χ3n) is 2.39. The lowest BCUT2D eigenvalue weighted by atomic mass is 10.3. The summed E-state index contributed by atoms with van der Waals surface area (Å²) in [7, 11) is 0. The van der Waals surface area contributed by atoms with Gasteiger partial charge in [0.25, 0.3) is 6.01 Å². The van der Waals surface area contributed by atoms with Crippen molar-refractivity contribution in [2.45, 2.75) is 19.9 Å². The number of anilines is 2. The van der Waals surface area contributed by atoms with Crippen LogP contribution in [0.1, 0.15) is 13.8 Å². The van der Waals surface area contributed by atoms with Crippen molar-refractivity contribution in [3.8, 4) is 0 Å². The van der Waals surface area contributed by atoms with Crippen molar-refractivity contribution in [2.24, 2.45) is 0 Å². The van der Waals surface area contributed by atoms with E-state index >= 15 is 0 Å². The van der Waals surface area contributed by atoms with Gasteiger partial charge in [-0.1, -0.05) is 6.07 Å². The highest BCUT2D eigenvalue weighted by Gasteiger charge is 2.10. The van der Waals surface area contributed by atoms with Gasteiger partial charge in [-0.25, -0.2) is 0 Å². The van der Waals surface area contributed by atoms with Gasteiger partial charge in [0.05, 0.1) is 18.3 Å². The van der Waals surface area contributed by atoms with Gasteiger partial charge in [-0.2, -0.15) is 4.98 Å². The summed E-state index contributed by atoms with van der Waals surface area (Å²) in [6, 6.07) is 6.11. The molecule has 5 heteroatoms. The van der Waals surface area contributed by atoms with E-state index in [1.54, 1.807) is 6.07 Å². The van der Waals surface area contributed by atoms with Gasteiger partial charge < -0.3 is 20.2 Å². The van der Waals surface area contributed by atoms with Crippen LogP contribution < -0.4 is 11.1 Å². The topological polar surface area (TPSA) is 73.3 Å². The number of benzene rings is 1. The highest BCUT2D eigenvalue weighted by molar-refractivity contribution is 5.86. The van der Waals surface area contributed by atoms with Gasteiger partial charge in [-0.3, -0.25) is 0 Å². The maximum absolute atomic E-state index is 5.81. The minimum Gasteiger partial charge on any atom is -0.423 e. The van der Waals surface area contributed by atoms with E-state index in [0.29, 0.717) is 36.0 Å². The molecule has 1 atom stereocenters. The fraction of sp³-hybridized carbons (Fsp3) is 0.417. The molecule has 1 aromatic carbocycles. The largest absolute Gasteiger partial charge is 0.423 e. The first kappa shape index (κ1) is 11.7. The predicted octanol–water partition coefficient (Wildman–Crippen LogP) is 2.25. The van der Waals surface area contributed by atoms with Crippen molar-refractivity contribution < 1.29 is 9.15 Å². The fourth-order valence-electron chi connectivity index (χ4n) is 1.58. The summed E-state index contributed by atoms with van der Waals surface area (Å²) in [4.78, 5) is 4.30. The quantitative estimate of drug-likeness (QED) is 0.777. The number of nitrogens with zero attached hydrogens (tertiary/aromatic N) is 1. The number of ether oxygens (including phenoxy) is 1. The van der Waals surface area contributed by atoms with Crippen LogP contribution in [0, 0.1) is 0 Å². The number of para-hydroxylation sites is 1. The van der Waals surface area contributed by atoms with Crippen LogP contribution in [0.2, 0.25) is 0 Å². The highest BCUT2D eigenvalue weighted by Crippen LogP contribution is 2.23. The van der Waals surface area contributed by atoms with Crippen molar-refractivity contribution in [1.29, 1.82) is 0 Å². The Labute approximate surface area is 100.0 Å². The number of hydrogen-bond donors (Lipinski definition) is 2. The van der Waals surface area contributed by atoms with Gasteiger partial charge in [-0.15, -0.1) is 0 Å². The zero-order valence-corrected chi connectivity index (χ0v) is 10.1. The molecular weight excluding hydrogens is 218 g/mol. The molecular formula is C12H17N3O2. The Kier molecular flexibility index (Phi) is 3.49. The van der Waals surface area contributed by atoms with Gasteiger partial charge in [-0.05, 0) is 26.0 Å². The van der Waals surface area contributed by atoms with Gasteiger partial charge in [0, 0.05) is 6.61 Å². The molecule has 0 saturated heterocycles. The molecule has 1 heterocycles. The normalized spacial score (nSPS) is 12.8. The molecule has 0 aliphatic carbocycles. The average molecular weight is 235 g/mol. The smallest absolute Gasteiger partial charge is 0.296 e. The zero-order chi connectivity index (χ0) is 12.3. The lowest BCUT2D eigenvalue weighted by Gasteiger charge is -2.10. The second kappa shape index (κ2) is 5.05. The lowest BCUT2D eigenvalue weighted by Crippen LogP contribution is -2.21. The van der Waals surface area contributed by atoms with E-state index in [-0.39, 0.29) is 6.04 Å². The molecule has 3 N–H and O–H groups in total. The maximum Gasteiger partial charge on any atom is 0.296 e. The number of nitrogens with one attached hydrogen (secondary N) is 1. The Morgan fingerprint density at radius 3 is 3.06 bits per heavy atom. The number of nitrogens with two attached hydrogens (primary N) is 1. The molecule has 0 aliphatic rings. The summed E-state index contributed by atoms with van der Waals surface area (Å²) in [6.45, 7) is 5.29. The highest BCUT2D eigenvalue weighted by atomic mass is 16.5. The van der Waals surface area contributed by atoms with Crippen LogP contribution in [-0.2, 0) is 4.74 Å². The molecule has 0 aliphatic heterocycles. The van der Waals surface area contributed by atoms with E-state index < -0.39 is 0 Å². The van der Waals surface area contributed by atoms with Gasteiger partial charge in [0.1, 0.15) is 5.52 Å². The molecule has 0 amide bonds. The van der Waals surface area contributed by atoms with E-state index in [9.17, 15) is 0 Å². The van der Waals surface area contributed by atoms with Crippen LogP contribution in [0.3, 0.4) is 0 Å². The number of fused-ring (bicyclic) bond motifs is 1. The molecule has 1 unspecified atom stereocenters. The van der Waals surface area contributed by atoms with E-state index in [1.165, 1.54) is 0 Å². The zero-order valence-electron chi connectivity index (χ0n) is 10.1. The predicted molar refractivity (Wildman–Crippen MR) is 68.0 cm³/mol. The number of oxazole rings is 1. The fourth-order valence-corrected chi connectivity index (χ4v) is 1.58. The molecule has 0 bridgehead atoms.